The minimum Gasteiger partial charge on any atom is -0.0890 e. The molecule has 0 saturated heterocycles. The first-order valence-corrected chi connectivity index (χ1v) is 4.43. The van der Waals surface area contributed by atoms with Crippen LogP contribution >= 0.6 is 0 Å². The Balaban J connectivity index is 0. The predicted octanol–water partition coefficient (Wildman–Crippen LogP) is 4.34. The molecule has 0 spiro atoms. The highest BCUT2D eigenvalue weighted by Crippen LogP contribution is 1.82. The number of hydrogen-bond acceptors (Lipinski definition) is 0. The molecule has 0 aromatic carbocycles. The Morgan fingerprint density at radius 3 is 1.36 bits per heavy atom. The zero-order valence-electron chi connectivity index (χ0n) is 8.65. The van der Waals surface area contributed by atoms with Crippen molar-refractivity contribution in [3.63, 3.8) is 0 Å². The van der Waals surface area contributed by atoms with E-state index in [1.165, 1.54) is 18.4 Å². The summed E-state index contributed by atoms with van der Waals surface area (Å²) in [5.74, 6) is 0. The molecule has 0 radical (unpaired) electrons. The van der Waals surface area contributed by atoms with Gasteiger partial charge in [0.05, 0.1) is 0 Å². The van der Waals surface area contributed by atoms with Crippen molar-refractivity contribution in [2.75, 3.05) is 0 Å². The first kappa shape index (κ1) is 13.1. The summed E-state index contributed by atoms with van der Waals surface area (Å²) < 4.78 is 0. The van der Waals surface area contributed by atoms with Gasteiger partial charge in [-0.05, 0) is 33.6 Å². The van der Waals surface area contributed by atoms with Gasteiger partial charge in [-0.15, -0.1) is 0 Å². The van der Waals surface area contributed by atoms with E-state index in [-0.39, 0.29) is 0 Å². The third kappa shape index (κ3) is 26.4. The molecule has 0 nitrogen and oxygen atoms in total. The molecule has 0 saturated carbocycles. The lowest BCUT2D eigenvalue weighted by Crippen LogP contribution is -1.52. The van der Waals surface area contributed by atoms with Crippen molar-refractivity contribution < 1.29 is 0 Å². The van der Waals surface area contributed by atoms with Gasteiger partial charge in [0.1, 0.15) is 0 Å². The first-order valence-electron chi connectivity index (χ1n) is 4.43. The average Bonchev–Trinajstić information content (AvgIpc) is 2.02. The molecule has 66 valence electrons. The van der Waals surface area contributed by atoms with Crippen LogP contribution in [0, 0.1) is 0 Å². The molecule has 0 aromatic rings. The van der Waals surface area contributed by atoms with Crippen LogP contribution in [0.2, 0.25) is 0 Å². The Labute approximate surface area is 72.0 Å². The monoisotopic (exact) mass is 154 g/mol. The summed E-state index contributed by atoms with van der Waals surface area (Å²) in [6, 6.07) is 0. The highest BCUT2D eigenvalue weighted by Gasteiger charge is 1.60. The van der Waals surface area contributed by atoms with Gasteiger partial charge in [0.15, 0.2) is 0 Å². The Morgan fingerprint density at radius 1 is 1.00 bits per heavy atom. The molecule has 11 heavy (non-hydrogen) atoms. The maximum absolute atomic E-state index is 2.18. The molecule has 0 N–H and O–H groups in total. The van der Waals surface area contributed by atoms with E-state index in [2.05, 4.69) is 45.9 Å². The van der Waals surface area contributed by atoms with Crippen LogP contribution in [-0.4, -0.2) is 0 Å². The highest BCUT2D eigenvalue weighted by atomic mass is 13.7. The van der Waals surface area contributed by atoms with Gasteiger partial charge < -0.3 is 0 Å². The number of rotatable bonds is 2. The van der Waals surface area contributed by atoms with Crippen LogP contribution in [0.25, 0.3) is 0 Å². The van der Waals surface area contributed by atoms with Crippen molar-refractivity contribution in [1.29, 1.82) is 0 Å². The van der Waals surface area contributed by atoms with Gasteiger partial charge in [-0.25, -0.2) is 0 Å². The van der Waals surface area contributed by atoms with E-state index in [1.54, 1.807) is 0 Å². The summed E-state index contributed by atoms with van der Waals surface area (Å²) >= 11 is 0. The van der Waals surface area contributed by atoms with Gasteiger partial charge in [-0.1, -0.05) is 37.6 Å². The number of hydrogen-bond donors (Lipinski definition) is 0. The summed E-state index contributed by atoms with van der Waals surface area (Å²) in [6.45, 7) is 10.5. The summed E-state index contributed by atoms with van der Waals surface area (Å²) in [4.78, 5) is 0. The van der Waals surface area contributed by atoms with E-state index < -0.39 is 0 Å². The summed E-state index contributed by atoms with van der Waals surface area (Å²) in [6.07, 6.45) is 8.79. The molecule has 0 aliphatic heterocycles. The molecule has 0 unspecified atom stereocenters. The second-order valence-corrected chi connectivity index (χ2v) is 2.65. The van der Waals surface area contributed by atoms with Crippen LogP contribution in [0.4, 0.5) is 0 Å². The normalized spacial score (nSPS) is 8.82. The minimum atomic E-state index is 1.17. The lowest BCUT2D eigenvalue weighted by atomic mass is 10.3. The van der Waals surface area contributed by atoms with Crippen molar-refractivity contribution in [2.45, 2.75) is 47.5 Å². The van der Waals surface area contributed by atoms with Gasteiger partial charge in [-0.3, -0.25) is 0 Å². The van der Waals surface area contributed by atoms with Crippen molar-refractivity contribution >= 4 is 0 Å². The topological polar surface area (TPSA) is 0 Å². The fourth-order valence-electron chi connectivity index (χ4n) is 0.333. The van der Waals surface area contributed by atoms with Crippen LogP contribution in [-0.2, 0) is 0 Å². The van der Waals surface area contributed by atoms with Gasteiger partial charge >= 0.3 is 0 Å². The van der Waals surface area contributed by atoms with E-state index in [9.17, 15) is 0 Å². The highest BCUT2D eigenvalue weighted by molar-refractivity contribution is 4.88. The average molecular weight is 154 g/mol. The smallest absolute Gasteiger partial charge is 0.0379 e. The predicted molar refractivity (Wildman–Crippen MR) is 54.8 cm³/mol. The van der Waals surface area contributed by atoms with E-state index in [4.69, 9.17) is 0 Å². The molecule has 0 heterocycles. The second kappa shape index (κ2) is 12.2. The van der Waals surface area contributed by atoms with Gasteiger partial charge in [0.2, 0.25) is 0 Å². The fraction of sp³-hybridized carbons (Fsp3) is 0.636. The first-order chi connectivity index (χ1) is 5.18. The molecule has 0 fully saturated rings. The molecule has 0 atom stereocenters. The van der Waals surface area contributed by atoms with E-state index in [1.807, 2.05) is 6.92 Å². The Kier molecular flexibility index (Phi) is 14.5. The molecule has 0 amide bonds. The summed E-state index contributed by atoms with van der Waals surface area (Å²) in [5, 5.41) is 0. The molecule has 0 heteroatoms. The maximum atomic E-state index is 2.18. The second-order valence-electron chi connectivity index (χ2n) is 2.65. The van der Waals surface area contributed by atoms with Crippen LogP contribution in [0.3, 0.4) is 0 Å². The van der Waals surface area contributed by atoms with Crippen molar-refractivity contribution in [1.82, 2.24) is 0 Å². The zero-order valence-corrected chi connectivity index (χ0v) is 8.65. The largest absolute Gasteiger partial charge is 0.0890 e. The lowest BCUT2D eigenvalue weighted by Gasteiger charge is -1.74. The van der Waals surface area contributed by atoms with E-state index in [0.717, 1.165) is 0 Å². The van der Waals surface area contributed by atoms with Crippen LogP contribution in [0.5, 0.6) is 0 Å². The SMILES string of the molecule is CC=C(C)C.CCC=CCC. The molecule has 0 rings (SSSR count). The van der Waals surface area contributed by atoms with Gasteiger partial charge in [0, 0.05) is 0 Å². The Hall–Kier alpha value is -0.520. The Morgan fingerprint density at radius 2 is 1.27 bits per heavy atom. The molecule has 0 aliphatic carbocycles. The van der Waals surface area contributed by atoms with Gasteiger partial charge in [0.25, 0.3) is 0 Å². The summed E-state index contributed by atoms with van der Waals surface area (Å²) in [5.41, 5.74) is 1.38. The van der Waals surface area contributed by atoms with Crippen LogP contribution < -0.4 is 0 Å². The van der Waals surface area contributed by atoms with Crippen LogP contribution in [0.1, 0.15) is 47.5 Å². The van der Waals surface area contributed by atoms with Crippen molar-refractivity contribution in [2.24, 2.45) is 0 Å². The van der Waals surface area contributed by atoms with E-state index >= 15 is 0 Å². The third-order valence-electron chi connectivity index (χ3n) is 1.22. The van der Waals surface area contributed by atoms with Gasteiger partial charge in [-0.2, -0.15) is 0 Å². The quantitative estimate of drug-likeness (QED) is 0.519. The number of allylic oxidation sites excluding steroid dienone is 4. The minimum absolute atomic E-state index is 1.17. The third-order valence-corrected chi connectivity index (χ3v) is 1.22. The molecule has 0 aliphatic rings. The van der Waals surface area contributed by atoms with Crippen molar-refractivity contribution in [3.05, 3.63) is 23.8 Å². The maximum Gasteiger partial charge on any atom is -0.0379 e. The van der Waals surface area contributed by atoms with Crippen LogP contribution in [0.15, 0.2) is 23.8 Å². The molecule has 0 bridgehead atoms. The summed E-state index contributed by atoms with van der Waals surface area (Å²) in [7, 11) is 0. The fourth-order valence-corrected chi connectivity index (χ4v) is 0.333. The zero-order chi connectivity index (χ0) is 9.11. The van der Waals surface area contributed by atoms with Crippen molar-refractivity contribution in [3.8, 4) is 0 Å². The lowest BCUT2D eigenvalue weighted by molar-refractivity contribution is 1.16. The van der Waals surface area contributed by atoms with E-state index in [0.29, 0.717) is 0 Å². The Bertz CT molecular complexity index is 97.2. The molecular weight excluding hydrogens is 132 g/mol. The molecular formula is C11H22. The standard InChI is InChI=1S/C6H12.C5H10/c1-3-5-6-4-2;1-4-5(2)3/h5-6H,3-4H2,1-2H3;4H,1-3H3. The molecule has 0 aromatic heterocycles.